The Morgan fingerprint density at radius 1 is 0.920 bits per heavy atom. The first-order chi connectivity index (χ1) is 12.3. The van der Waals surface area contributed by atoms with E-state index >= 15 is 0 Å². The zero-order valence-corrected chi connectivity index (χ0v) is 14.4. The van der Waals surface area contributed by atoms with Crippen molar-refractivity contribution in [3.05, 3.63) is 72.1 Å². The number of thioether (sulfide) groups is 1. The molecule has 0 bridgehead atoms. The molecule has 5 nitrogen and oxygen atoms in total. The fourth-order valence-electron chi connectivity index (χ4n) is 2.41. The molecule has 0 saturated heterocycles. The van der Waals surface area contributed by atoms with Gasteiger partial charge in [0.1, 0.15) is 6.26 Å². The van der Waals surface area contributed by atoms with Crippen LogP contribution in [0, 0.1) is 6.92 Å². The molecule has 124 valence electrons. The molecule has 2 aromatic carbocycles. The number of oxazole rings is 1. The first kappa shape index (κ1) is 15.7. The van der Waals surface area contributed by atoms with Crippen molar-refractivity contribution in [3.8, 4) is 22.9 Å². The van der Waals surface area contributed by atoms with Gasteiger partial charge in [-0.05, 0) is 30.7 Å². The van der Waals surface area contributed by atoms with Gasteiger partial charge in [-0.25, -0.2) is 4.98 Å². The molecule has 0 saturated carbocycles. The van der Waals surface area contributed by atoms with Crippen LogP contribution in [0.25, 0.3) is 22.9 Å². The normalized spacial score (nSPS) is 10.9. The maximum Gasteiger partial charge on any atom is 0.277 e. The first-order valence-corrected chi connectivity index (χ1v) is 8.80. The van der Waals surface area contributed by atoms with Crippen molar-refractivity contribution in [2.45, 2.75) is 17.9 Å². The lowest BCUT2D eigenvalue weighted by molar-refractivity contribution is 0.465. The van der Waals surface area contributed by atoms with Gasteiger partial charge in [0.2, 0.25) is 11.8 Å². The number of nitrogens with zero attached hydrogens (tertiary/aromatic N) is 3. The summed E-state index contributed by atoms with van der Waals surface area (Å²) in [6.07, 6.45) is 1.66. The average Bonchev–Trinajstić information content (AvgIpc) is 3.31. The molecule has 0 radical (unpaired) electrons. The molecule has 0 unspecified atom stereocenters. The average molecular weight is 349 g/mol. The SMILES string of the molecule is Cc1ccccc1-c1nnc(SCc2coc(-c3ccccc3)n2)o1. The summed E-state index contributed by atoms with van der Waals surface area (Å²) < 4.78 is 11.3. The second-order valence-corrected chi connectivity index (χ2v) is 6.41. The van der Waals surface area contributed by atoms with E-state index in [1.807, 2.05) is 61.5 Å². The molecule has 0 aliphatic rings. The molecule has 0 spiro atoms. The summed E-state index contributed by atoms with van der Waals surface area (Å²) in [5.41, 5.74) is 3.85. The molecule has 2 heterocycles. The van der Waals surface area contributed by atoms with Crippen molar-refractivity contribution in [2.24, 2.45) is 0 Å². The Bertz CT molecular complexity index is 979. The standard InChI is InChI=1S/C19H15N3O2S/c1-13-7-5-6-10-16(13)18-21-22-19(24-18)25-12-15-11-23-17(20-15)14-8-3-2-4-9-14/h2-11H,12H2,1H3. The summed E-state index contributed by atoms with van der Waals surface area (Å²) in [7, 11) is 0. The minimum atomic E-state index is 0.516. The van der Waals surface area contributed by atoms with Gasteiger partial charge in [-0.15, -0.1) is 10.2 Å². The van der Waals surface area contributed by atoms with Crippen LogP contribution in [-0.4, -0.2) is 15.2 Å². The molecule has 0 fully saturated rings. The van der Waals surface area contributed by atoms with Crippen LogP contribution in [0.15, 0.2) is 74.9 Å². The van der Waals surface area contributed by atoms with Crippen LogP contribution in [0.3, 0.4) is 0 Å². The fraction of sp³-hybridized carbons (Fsp3) is 0.105. The molecule has 0 aliphatic carbocycles. The molecule has 2 aromatic heterocycles. The minimum Gasteiger partial charge on any atom is -0.444 e. The largest absolute Gasteiger partial charge is 0.444 e. The summed E-state index contributed by atoms with van der Waals surface area (Å²) in [5.74, 6) is 1.75. The number of hydrogen-bond donors (Lipinski definition) is 0. The van der Waals surface area contributed by atoms with Crippen molar-refractivity contribution in [1.82, 2.24) is 15.2 Å². The molecule has 4 rings (SSSR count). The van der Waals surface area contributed by atoms with E-state index in [4.69, 9.17) is 8.83 Å². The topological polar surface area (TPSA) is 65.0 Å². The van der Waals surface area contributed by atoms with Gasteiger partial charge in [-0.3, -0.25) is 0 Å². The van der Waals surface area contributed by atoms with Crippen LogP contribution < -0.4 is 0 Å². The highest BCUT2D eigenvalue weighted by molar-refractivity contribution is 7.98. The molecule has 4 aromatic rings. The summed E-state index contributed by atoms with van der Waals surface area (Å²) in [6, 6.07) is 17.8. The second kappa shape index (κ2) is 6.94. The molecule has 0 amide bonds. The highest BCUT2D eigenvalue weighted by Gasteiger charge is 2.12. The maximum atomic E-state index is 5.75. The van der Waals surface area contributed by atoms with Crippen molar-refractivity contribution < 1.29 is 8.83 Å². The molecule has 0 N–H and O–H groups in total. The van der Waals surface area contributed by atoms with Gasteiger partial charge in [-0.2, -0.15) is 0 Å². The minimum absolute atomic E-state index is 0.516. The Balaban J connectivity index is 1.44. The van der Waals surface area contributed by atoms with E-state index in [-0.39, 0.29) is 0 Å². The molecular formula is C19H15N3O2S. The Morgan fingerprint density at radius 2 is 1.72 bits per heavy atom. The summed E-state index contributed by atoms with van der Waals surface area (Å²) in [6.45, 7) is 2.02. The Hall–Kier alpha value is -2.86. The fourth-order valence-corrected chi connectivity index (χ4v) is 3.05. The second-order valence-electron chi connectivity index (χ2n) is 5.49. The van der Waals surface area contributed by atoms with E-state index in [2.05, 4.69) is 15.2 Å². The quantitative estimate of drug-likeness (QED) is 0.473. The van der Waals surface area contributed by atoms with Crippen LogP contribution >= 0.6 is 11.8 Å². The van der Waals surface area contributed by atoms with Crippen molar-refractivity contribution in [1.29, 1.82) is 0 Å². The maximum absolute atomic E-state index is 5.75. The van der Waals surface area contributed by atoms with E-state index in [1.165, 1.54) is 11.8 Å². The van der Waals surface area contributed by atoms with Crippen LogP contribution in [0.2, 0.25) is 0 Å². The number of benzene rings is 2. The predicted octanol–water partition coefficient (Wildman–Crippen LogP) is 4.99. The Labute approximate surface area is 149 Å². The molecule has 6 heteroatoms. The third kappa shape index (κ3) is 3.49. The zero-order valence-electron chi connectivity index (χ0n) is 13.5. The highest BCUT2D eigenvalue weighted by Crippen LogP contribution is 2.28. The van der Waals surface area contributed by atoms with Crippen LogP contribution in [0.1, 0.15) is 11.3 Å². The van der Waals surface area contributed by atoms with E-state index in [0.29, 0.717) is 22.8 Å². The highest BCUT2D eigenvalue weighted by atomic mass is 32.2. The summed E-state index contributed by atoms with van der Waals surface area (Å²) in [4.78, 5) is 4.50. The van der Waals surface area contributed by atoms with Crippen molar-refractivity contribution in [2.75, 3.05) is 0 Å². The molecule has 25 heavy (non-hydrogen) atoms. The Morgan fingerprint density at radius 3 is 2.56 bits per heavy atom. The van der Waals surface area contributed by atoms with E-state index in [0.717, 1.165) is 22.4 Å². The van der Waals surface area contributed by atoms with Crippen LogP contribution in [-0.2, 0) is 5.75 Å². The third-order valence-electron chi connectivity index (χ3n) is 3.70. The van der Waals surface area contributed by atoms with E-state index in [1.54, 1.807) is 6.26 Å². The first-order valence-electron chi connectivity index (χ1n) is 7.82. The summed E-state index contributed by atoms with van der Waals surface area (Å²) in [5, 5.41) is 8.75. The number of aromatic nitrogens is 3. The van der Waals surface area contributed by atoms with Gasteiger partial charge in [0.15, 0.2) is 0 Å². The van der Waals surface area contributed by atoms with Crippen LogP contribution in [0.4, 0.5) is 0 Å². The third-order valence-corrected chi connectivity index (χ3v) is 4.55. The Kier molecular flexibility index (Phi) is 4.35. The molecule has 0 aliphatic heterocycles. The van der Waals surface area contributed by atoms with E-state index in [9.17, 15) is 0 Å². The van der Waals surface area contributed by atoms with Gasteiger partial charge in [0, 0.05) is 16.9 Å². The summed E-state index contributed by atoms with van der Waals surface area (Å²) >= 11 is 1.44. The monoisotopic (exact) mass is 349 g/mol. The van der Waals surface area contributed by atoms with E-state index < -0.39 is 0 Å². The van der Waals surface area contributed by atoms with Gasteiger partial charge >= 0.3 is 0 Å². The lowest BCUT2D eigenvalue weighted by Crippen LogP contribution is -1.82. The lowest BCUT2D eigenvalue weighted by Gasteiger charge is -1.98. The van der Waals surface area contributed by atoms with Gasteiger partial charge < -0.3 is 8.83 Å². The molecular weight excluding hydrogens is 334 g/mol. The van der Waals surface area contributed by atoms with Crippen molar-refractivity contribution >= 4 is 11.8 Å². The zero-order chi connectivity index (χ0) is 17.1. The number of aryl methyl sites for hydroxylation is 1. The number of rotatable bonds is 5. The van der Waals surface area contributed by atoms with Gasteiger partial charge in [-0.1, -0.05) is 48.2 Å². The smallest absolute Gasteiger partial charge is 0.277 e. The van der Waals surface area contributed by atoms with Gasteiger partial charge in [0.05, 0.1) is 5.69 Å². The lowest BCUT2D eigenvalue weighted by atomic mass is 10.1. The van der Waals surface area contributed by atoms with Crippen molar-refractivity contribution in [3.63, 3.8) is 0 Å². The number of hydrogen-bond acceptors (Lipinski definition) is 6. The van der Waals surface area contributed by atoms with Gasteiger partial charge in [0.25, 0.3) is 5.22 Å². The van der Waals surface area contributed by atoms with Crippen LogP contribution in [0.5, 0.6) is 0 Å². The predicted molar refractivity (Wildman–Crippen MR) is 96.0 cm³/mol. The molecule has 0 atom stereocenters.